The summed E-state index contributed by atoms with van der Waals surface area (Å²) in [6.07, 6.45) is 4.51. The third kappa shape index (κ3) is 4.59. The summed E-state index contributed by atoms with van der Waals surface area (Å²) in [6, 6.07) is 13.5. The average Bonchev–Trinajstić information content (AvgIpc) is 2.96. The van der Waals surface area contributed by atoms with Crippen molar-refractivity contribution in [3.05, 3.63) is 65.0 Å². The minimum atomic E-state index is 0.0369. The van der Waals surface area contributed by atoms with E-state index in [0.29, 0.717) is 6.42 Å². The first-order chi connectivity index (χ1) is 11.2. The number of rotatable bonds is 6. The van der Waals surface area contributed by atoms with Crippen LogP contribution in [0.4, 0.5) is 5.69 Å². The molecule has 0 saturated carbocycles. The number of nitrogens with one attached hydrogen (secondary N) is 1. The third-order valence-corrected chi connectivity index (χ3v) is 4.79. The Morgan fingerprint density at radius 3 is 2.83 bits per heavy atom. The van der Waals surface area contributed by atoms with Gasteiger partial charge in [-0.2, -0.15) is 11.8 Å². The van der Waals surface area contributed by atoms with Gasteiger partial charge in [-0.25, -0.2) is 4.98 Å². The molecule has 2 aromatic heterocycles. The number of anilines is 1. The Labute approximate surface area is 147 Å². The fourth-order valence-electron chi connectivity index (χ4n) is 2.16. The van der Waals surface area contributed by atoms with Crippen LogP contribution in [-0.4, -0.2) is 21.0 Å². The highest BCUT2D eigenvalue weighted by Crippen LogP contribution is 2.16. The first-order valence-electron chi connectivity index (χ1n) is 7.26. The Morgan fingerprint density at radius 2 is 2.04 bits per heavy atom. The standard InChI is InChI=1S/C17H16BrN3OS/c18-13-4-6-14(7-5-13)20-17(22)8-10-23-12-15-11-21-9-2-1-3-16(21)19-15/h1-7,9,11H,8,10,12H2,(H,20,22). The minimum absolute atomic E-state index is 0.0369. The molecule has 0 aliphatic rings. The quantitative estimate of drug-likeness (QED) is 0.637. The van der Waals surface area contributed by atoms with Crippen LogP contribution in [0.1, 0.15) is 12.1 Å². The maximum Gasteiger partial charge on any atom is 0.225 e. The third-order valence-electron chi connectivity index (χ3n) is 3.27. The number of aromatic nitrogens is 2. The normalized spacial score (nSPS) is 10.8. The molecule has 0 atom stereocenters. The molecular weight excluding hydrogens is 374 g/mol. The molecule has 0 aliphatic carbocycles. The Morgan fingerprint density at radius 1 is 1.22 bits per heavy atom. The van der Waals surface area contributed by atoms with Crippen molar-refractivity contribution >= 4 is 44.9 Å². The number of thioether (sulfide) groups is 1. The number of carbonyl (C=O) groups excluding carboxylic acids is 1. The van der Waals surface area contributed by atoms with Crippen molar-refractivity contribution in [1.29, 1.82) is 0 Å². The maximum absolute atomic E-state index is 11.9. The fourth-order valence-corrected chi connectivity index (χ4v) is 3.24. The van der Waals surface area contributed by atoms with Gasteiger partial charge in [0, 0.05) is 40.5 Å². The Kier molecular flexibility index (Phi) is 5.35. The van der Waals surface area contributed by atoms with Crippen molar-refractivity contribution in [1.82, 2.24) is 9.38 Å². The molecule has 1 aromatic carbocycles. The lowest BCUT2D eigenvalue weighted by Crippen LogP contribution is -2.12. The first-order valence-corrected chi connectivity index (χ1v) is 9.21. The molecule has 4 nitrogen and oxygen atoms in total. The number of hydrogen-bond acceptors (Lipinski definition) is 3. The highest BCUT2D eigenvalue weighted by molar-refractivity contribution is 9.10. The molecule has 0 fully saturated rings. The van der Waals surface area contributed by atoms with Crippen LogP contribution in [0.3, 0.4) is 0 Å². The number of nitrogens with zero attached hydrogens (tertiary/aromatic N) is 2. The summed E-state index contributed by atoms with van der Waals surface area (Å²) >= 11 is 5.09. The van der Waals surface area contributed by atoms with E-state index in [4.69, 9.17) is 0 Å². The maximum atomic E-state index is 11.9. The van der Waals surface area contributed by atoms with Gasteiger partial charge in [-0.3, -0.25) is 4.79 Å². The molecule has 6 heteroatoms. The van der Waals surface area contributed by atoms with E-state index in [1.54, 1.807) is 11.8 Å². The van der Waals surface area contributed by atoms with Crippen molar-refractivity contribution in [2.75, 3.05) is 11.1 Å². The Bertz CT molecular complexity index is 768. The van der Waals surface area contributed by atoms with Crippen molar-refractivity contribution in [3.8, 4) is 0 Å². The predicted octanol–water partition coefficient (Wildman–Crippen LogP) is 4.36. The van der Waals surface area contributed by atoms with Crippen molar-refractivity contribution in [2.24, 2.45) is 0 Å². The lowest BCUT2D eigenvalue weighted by Gasteiger charge is -2.05. The molecule has 0 saturated heterocycles. The van der Waals surface area contributed by atoms with Gasteiger partial charge < -0.3 is 9.72 Å². The van der Waals surface area contributed by atoms with E-state index in [0.717, 1.165) is 33.0 Å². The number of fused-ring (bicyclic) bond motifs is 1. The van der Waals surface area contributed by atoms with Crippen molar-refractivity contribution in [2.45, 2.75) is 12.2 Å². The highest BCUT2D eigenvalue weighted by Gasteiger charge is 2.04. The summed E-state index contributed by atoms with van der Waals surface area (Å²) < 4.78 is 3.01. The number of benzene rings is 1. The van der Waals surface area contributed by atoms with E-state index >= 15 is 0 Å². The van der Waals surface area contributed by atoms with E-state index in [-0.39, 0.29) is 5.91 Å². The van der Waals surface area contributed by atoms with Gasteiger partial charge in [0.15, 0.2) is 0 Å². The van der Waals surface area contributed by atoms with E-state index in [1.807, 2.05) is 59.3 Å². The molecule has 0 bridgehead atoms. The van der Waals surface area contributed by atoms with Gasteiger partial charge in [-0.15, -0.1) is 0 Å². The van der Waals surface area contributed by atoms with E-state index in [9.17, 15) is 4.79 Å². The second-order valence-electron chi connectivity index (χ2n) is 5.06. The second-order valence-corrected chi connectivity index (χ2v) is 7.08. The van der Waals surface area contributed by atoms with Gasteiger partial charge >= 0.3 is 0 Å². The summed E-state index contributed by atoms with van der Waals surface area (Å²) in [6.45, 7) is 0. The molecular formula is C17H16BrN3OS. The zero-order valence-corrected chi connectivity index (χ0v) is 14.8. The first kappa shape index (κ1) is 16.1. The Hall–Kier alpha value is -1.79. The van der Waals surface area contributed by atoms with Gasteiger partial charge in [0.2, 0.25) is 5.91 Å². The minimum Gasteiger partial charge on any atom is -0.326 e. The van der Waals surface area contributed by atoms with Crippen LogP contribution in [-0.2, 0) is 10.5 Å². The Balaban J connectivity index is 1.42. The van der Waals surface area contributed by atoms with Crippen LogP contribution in [0.5, 0.6) is 0 Å². The average molecular weight is 390 g/mol. The fraction of sp³-hybridized carbons (Fsp3) is 0.176. The molecule has 3 aromatic rings. The molecule has 23 heavy (non-hydrogen) atoms. The van der Waals surface area contributed by atoms with Gasteiger partial charge in [0.1, 0.15) is 5.65 Å². The molecule has 1 N–H and O–H groups in total. The molecule has 2 heterocycles. The van der Waals surface area contributed by atoms with E-state index < -0.39 is 0 Å². The van der Waals surface area contributed by atoms with Gasteiger partial charge in [-0.1, -0.05) is 22.0 Å². The van der Waals surface area contributed by atoms with Gasteiger partial charge in [0.05, 0.1) is 5.69 Å². The summed E-state index contributed by atoms with van der Waals surface area (Å²) in [4.78, 5) is 16.4. The topological polar surface area (TPSA) is 46.4 Å². The number of carbonyl (C=O) groups is 1. The summed E-state index contributed by atoms with van der Waals surface area (Å²) in [5.74, 6) is 1.62. The van der Waals surface area contributed by atoms with Crippen LogP contribution in [0, 0.1) is 0 Å². The molecule has 1 amide bonds. The smallest absolute Gasteiger partial charge is 0.225 e. The molecule has 0 aliphatic heterocycles. The van der Waals surface area contributed by atoms with Crippen LogP contribution >= 0.6 is 27.7 Å². The highest BCUT2D eigenvalue weighted by atomic mass is 79.9. The number of amides is 1. The SMILES string of the molecule is O=C(CCSCc1cn2ccccc2n1)Nc1ccc(Br)cc1. The monoisotopic (exact) mass is 389 g/mol. The predicted molar refractivity (Wildman–Crippen MR) is 98.7 cm³/mol. The summed E-state index contributed by atoms with van der Waals surface area (Å²) in [5.41, 5.74) is 2.81. The number of hydrogen-bond donors (Lipinski definition) is 1. The molecule has 0 radical (unpaired) electrons. The van der Waals surface area contributed by atoms with Crippen LogP contribution in [0.2, 0.25) is 0 Å². The number of pyridine rings is 1. The second kappa shape index (κ2) is 7.66. The number of halogens is 1. The van der Waals surface area contributed by atoms with Crippen LogP contribution in [0.15, 0.2) is 59.3 Å². The van der Waals surface area contributed by atoms with Crippen LogP contribution in [0.25, 0.3) is 5.65 Å². The zero-order chi connectivity index (χ0) is 16.1. The lowest BCUT2D eigenvalue weighted by molar-refractivity contribution is -0.115. The van der Waals surface area contributed by atoms with Crippen molar-refractivity contribution < 1.29 is 4.79 Å². The zero-order valence-electron chi connectivity index (χ0n) is 12.4. The molecule has 3 rings (SSSR count). The van der Waals surface area contributed by atoms with Gasteiger partial charge in [-0.05, 0) is 36.4 Å². The van der Waals surface area contributed by atoms with Crippen molar-refractivity contribution in [3.63, 3.8) is 0 Å². The van der Waals surface area contributed by atoms with Crippen LogP contribution < -0.4 is 5.32 Å². The lowest BCUT2D eigenvalue weighted by atomic mass is 10.3. The summed E-state index contributed by atoms with van der Waals surface area (Å²) in [7, 11) is 0. The summed E-state index contributed by atoms with van der Waals surface area (Å²) in [5, 5.41) is 2.90. The van der Waals surface area contributed by atoms with Gasteiger partial charge in [0.25, 0.3) is 0 Å². The molecule has 0 spiro atoms. The van der Waals surface area contributed by atoms with E-state index in [1.165, 1.54) is 0 Å². The number of imidazole rings is 1. The molecule has 118 valence electrons. The van der Waals surface area contributed by atoms with E-state index in [2.05, 4.69) is 26.2 Å². The largest absolute Gasteiger partial charge is 0.326 e. The molecule has 0 unspecified atom stereocenters.